The normalized spacial score (nSPS) is 24.4. The highest BCUT2D eigenvalue weighted by Crippen LogP contribution is 2.30. The molecule has 5 atom stereocenters. The van der Waals surface area contributed by atoms with Gasteiger partial charge in [-0.05, 0) is 16.7 Å². The Morgan fingerprint density at radius 1 is 0.657 bits per heavy atom. The number of allylic oxidation sites excluding steroid dienone is 2. The Balaban J connectivity index is 1.58. The number of aliphatic hydroxyl groups excluding tert-OH is 1. The quantitative estimate of drug-likeness (QED) is 0.389. The van der Waals surface area contributed by atoms with Gasteiger partial charge in [0.1, 0.15) is 24.4 Å². The van der Waals surface area contributed by atoms with Gasteiger partial charge in [-0.1, -0.05) is 116 Å². The molecule has 0 aliphatic carbocycles. The van der Waals surface area contributed by atoms with E-state index in [1.807, 2.05) is 97.1 Å². The molecule has 182 valence electrons. The first kappa shape index (κ1) is 25.0. The second-order valence-corrected chi connectivity index (χ2v) is 8.40. The maximum Gasteiger partial charge on any atom is 0.184 e. The van der Waals surface area contributed by atoms with E-state index in [4.69, 9.17) is 18.9 Å². The lowest BCUT2D eigenvalue weighted by molar-refractivity contribution is -0.302. The van der Waals surface area contributed by atoms with Gasteiger partial charge >= 0.3 is 0 Å². The van der Waals surface area contributed by atoms with Gasteiger partial charge in [-0.25, -0.2) is 0 Å². The van der Waals surface area contributed by atoms with Crippen LogP contribution in [0.25, 0.3) is 0 Å². The molecule has 3 aromatic carbocycles. The highest BCUT2D eigenvalue weighted by molar-refractivity contribution is 5.16. The van der Waals surface area contributed by atoms with Crippen molar-refractivity contribution >= 4 is 0 Å². The van der Waals surface area contributed by atoms with Gasteiger partial charge < -0.3 is 24.1 Å². The zero-order valence-corrected chi connectivity index (χ0v) is 19.7. The number of benzene rings is 3. The van der Waals surface area contributed by atoms with Crippen molar-refractivity contribution < 1.29 is 24.1 Å². The van der Waals surface area contributed by atoms with Gasteiger partial charge in [0.25, 0.3) is 0 Å². The third-order valence-corrected chi connectivity index (χ3v) is 5.84. The molecule has 0 radical (unpaired) electrons. The highest BCUT2D eigenvalue weighted by atomic mass is 16.7. The molecule has 1 saturated heterocycles. The first-order valence-electron chi connectivity index (χ1n) is 11.8. The Labute approximate surface area is 207 Å². The average Bonchev–Trinajstić information content (AvgIpc) is 2.91. The molecule has 1 N–H and O–H groups in total. The molecule has 3 aromatic rings. The zero-order chi connectivity index (χ0) is 24.3. The van der Waals surface area contributed by atoms with Crippen molar-refractivity contribution in [2.24, 2.45) is 0 Å². The van der Waals surface area contributed by atoms with Crippen molar-refractivity contribution in [3.05, 3.63) is 132 Å². The number of rotatable bonds is 11. The molecule has 0 spiro atoms. The Morgan fingerprint density at radius 3 is 1.54 bits per heavy atom. The number of aliphatic hydroxyl groups is 1. The standard InChI is InChI=1S/C30H32O5/c1-2-3-19-26-27(32-20-23-13-7-4-8-14-23)28(33-21-24-15-9-5-10-16-24)29(30(31)35-26)34-22-25-17-11-6-12-18-25/h2-19,26-31H,1,20-22H2/b19-3-/t26-,27-,28+,29-,30?/m1/s1. The summed E-state index contributed by atoms with van der Waals surface area (Å²) in [7, 11) is 0. The van der Waals surface area contributed by atoms with Gasteiger partial charge in [0.15, 0.2) is 6.29 Å². The van der Waals surface area contributed by atoms with Gasteiger partial charge in [0, 0.05) is 0 Å². The van der Waals surface area contributed by atoms with Crippen LogP contribution in [0.1, 0.15) is 16.7 Å². The first-order chi connectivity index (χ1) is 17.2. The Kier molecular flexibility index (Phi) is 9.40. The second-order valence-electron chi connectivity index (χ2n) is 8.40. The minimum atomic E-state index is -1.18. The van der Waals surface area contributed by atoms with Crippen LogP contribution >= 0.6 is 0 Å². The van der Waals surface area contributed by atoms with Crippen molar-refractivity contribution in [1.29, 1.82) is 0 Å². The van der Waals surface area contributed by atoms with E-state index in [-0.39, 0.29) is 0 Å². The lowest BCUT2D eigenvalue weighted by atomic mass is 9.97. The van der Waals surface area contributed by atoms with Crippen LogP contribution < -0.4 is 0 Å². The lowest BCUT2D eigenvalue weighted by Crippen LogP contribution is -2.59. The molecule has 1 fully saturated rings. The van der Waals surface area contributed by atoms with Crippen molar-refractivity contribution in [2.75, 3.05) is 0 Å². The van der Waals surface area contributed by atoms with E-state index in [0.717, 1.165) is 16.7 Å². The molecule has 5 heteroatoms. The summed E-state index contributed by atoms with van der Waals surface area (Å²) in [4.78, 5) is 0. The van der Waals surface area contributed by atoms with Gasteiger partial charge in [-0.3, -0.25) is 0 Å². The number of hydrogen-bond acceptors (Lipinski definition) is 5. The summed E-state index contributed by atoms with van der Waals surface area (Å²) in [6.07, 6.45) is 1.73. The lowest BCUT2D eigenvalue weighted by Gasteiger charge is -2.43. The molecule has 1 aliphatic heterocycles. The summed E-state index contributed by atoms with van der Waals surface area (Å²) in [6.45, 7) is 4.80. The van der Waals surface area contributed by atoms with Crippen LogP contribution in [0.5, 0.6) is 0 Å². The van der Waals surface area contributed by atoms with Crippen LogP contribution in [0.2, 0.25) is 0 Å². The van der Waals surface area contributed by atoms with Crippen LogP contribution in [0, 0.1) is 0 Å². The maximum atomic E-state index is 10.9. The summed E-state index contributed by atoms with van der Waals surface area (Å²) >= 11 is 0. The first-order valence-corrected chi connectivity index (χ1v) is 11.8. The summed E-state index contributed by atoms with van der Waals surface area (Å²) in [6, 6.07) is 29.7. The minimum absolute atomic E-state index is 0.315. The Hall–Kier alpha value is -3.06. The van der Waals surface area contributed by atoms with E-state index in [0.29, 0.717) is 19.8 Å². The molecule has 0 saturated carbocycles. The predicted molar refractivity (Wildman–Crippen MR) is 135 cm³/mol. The largest absolute Gasteiger partial charge is 0.368 e. The topological polar surface area (TPSA) is 57.2 Å². The van der Waals surface area contributed by atoms with Gasteiger partial charge in [0.2, 0.25) is 0 Å². The van der Waals surface area contributed by atoms with Gasteiger partial charge in [-0.15, -0.1) is 0 Å². The fourth-order valence-corrected chi connectivity index (χ4v) is 4.05. The molecular weight excluding hydrogens is 440 g/mol. The Bertz CT molecular complexity index is 1040. The van der Waals surface area contributed by atoms with E-state index < -0.39 is 30.7 Å². The Morgan fingerprint density at radius 2 is 1.09 bits per heavy atom. The zero-order valence-electron chi connectivity index (χ0n) is 19.7. The fourth-order valence-electron chi connectivity index (χ4n) is 4.05. The fraction of sp³-hybridized carbons (Fsp3) is 0.267. The van der Waals surface area contributed by atoms with E-state index in [2.05, 4.69) is 6.58 Å². The second kappa shape index (κ2) is 13.1. The van der Waals surface area contributed by atoms with Crippen LogP contribution in [0.4, 0.5) is 0 Å². The van der Waals surface area contributed by atoms with Crippen LogP contribution in [-0.4, -0.2) is 35.8 Å². The number of hydrogen-bond donors (Lipinski definition) is 1. The van der Waals surface area contributed by atoms with Gasteiger partial charge in [-0.2, -0.15) is 0 Å². The van der Waals surface area contributed by atoms with E-state index in [1.54, 1.807) is 12.2 Å². The van der Waals surface area contributed by atoms with Gasteiger partial charge in [0.05, 0.1) is 19.8 Å². The summed E-state index contributed by atoms with van der Waals surface area (Å²) in [5.41, 5.74) is 3.06. The maximum absolute atomic E-state index is 10.9. The highest BCUT2D eigenvalue weighted by Gasteiger charge is 2.47. The van der Waals surface area contributed by atoms with E-state index in [9.17, 15) is 5.11 Å². The molecule has 1 heterocycles. The van der Waals surface area contributed by atoms with E-state index >= 15 is 0 Å². The summed E-state index contributed by atoms with van der Waals surface area (Å²) in [5.74, 6) is 0. The molecule has 35 heavy (non-hydrogen) atoms. The van der Waals surface area contributed by atoms with Crippen LogP contribution in [0.3, 0.4) is 0 Å². The van der Waals surface area contributed by atoms with Crippen LogP contribution in [-0.2, 0) is 38.8 Å². The third kappa shape index (κ3) is 7.21. The molecule has 0 aromatic heterocycles. The summed E-state index contributed by atoms with van der Waals surface area (Å²) < 4.78 is 24.9. The summed E-state index contributed by atoms with van der Waals surface area (Å²) in [5, 5.41) is 10.9. The molecule has 5 nitrogen and oxygen atoms in total. The SMILES string of the molecule is C=C/C=C\[C@H]1OC(O)[C@H](OCc2ccccc2)[C@@H](OCc2ccccc2)[C@@H]1OCc1ccccc1. The van der Waals surface area contributed by atoms with Crippen molar-refractivity contribution in [1.82, 2.24) is 0 Å². The minimum Gasteiger partial charge on any atom is -0.368 e. The molecule has 1 aliphatic rings. The molecule has 4 rings (SSSR count). The third-order valence-electron chi connectivity index (χ3n) is 5.84. The molecule has 1 unspecified atom stereocenters. The molecular formula is C30H32O5. The smallest absolute Gasteiger partial charge is 0.184 e. The van der Waals surface area contributed by atoms with Crippen molar-refractivity contribution in [2.45, 2.75) is 50.5 Å². The molecule has 0 amide bonds. The molecule has 0 bridgehead atoms. The van der Waals surface area contributed by atoms with E-state index in [1.165, 1.54) is 0 Å². The van der Waals surface area contributed by atoms with Crippen molar-refractivity contribution in [3.8, 4) is 0 Å². The number of ether oxygens (including phenoxy) is 4. The van der Waals surface area contributed by atoms with Crippen LogP contribution in [0.15, 0.2) is 116 Å². The monoisotopic (exact) mass is 472 g/mol. The predicted octanol–water partition coefficient (Wildman–Crippen LogP) is 5.20. The average molecular weight is 473 g/mol. The van der Waals surface area contributed by atoms with Crippen molar-refractivity contribution in [3.63, 3.8) is 0 Å².